The van der Waals surface area contributed by atoms with Crippen molar-refractivity contribution in [3.05, 3.63) is 34.1 Å². The fourth-order valence-electron chi connectivity index (χ4n) is 1.92. The van der Waals surface area contributed by atoms with Gasteiger partial charge in [-0.05, 0) is 43.5 Å². The van der Waals surface area contributed by atoms with Crippen molar-refractivity contribution in [1.82, 2.24) is 0 Å². The van der Waals surface area contributed by atoms with Crippen molar-refractivity contribution >= 4 is 21.9 Å². The minimum Gasteiger partial charge on any atom is -0.481 e. The standard InChI is InChI=1S/C13H16BrFO2/c1-3-6-13(2,12(16)17)8-9-7-10(15)4-5-11(9)14/h4-5,7H,3,6,8H2,1-2H3,(H,16,17). The Kier molecular flexibility index (Phi) is 4.69. The fraction of sp³-hybridized carbons (Fsp3) is 0.462. The van der Waals surface area contributed by atoms with Crippen LogP contribution in [0.5, 0.6) is 0 Å². The first-order valence-corrected chi connectivity index (χ1v) is 6.35. The molecule has 1 N–H and O–H groups in total. The molecule has 0 aromatic heterocycles. The highest BCUT2D eigenvalue weighted by Crippen LogP contribution is 2.31. The molecule has 1 rings (SSSR count). The monoisotopic (exact) mass is 302 g/mol. The predicted molar refractivity (Wildman–Crippen MR) is 68.5 cm³/mol. The Morgan fingerprint density at radius 3 is 2.71 bits per heavy atom. The molecule has 17 heavy (non-hydrogen) atoms. The summed E-state index contributed by atoms with van der Waals surface area (Å²) in [7, 11) is 0. The van der Waals surface area contributed by atoms with E-state index in [-0.39, 0.29) is 5.82 Å². The molecule has 0 saturated carbocycles. The average Bonchev–Trinajstić information content (AvgIpc) is 2.23. The first kappa shape index (κ1) is 14.2. The van der Waals surface area contributed by atoms with Gasteiger partial charge in [0.15, 0.2) is 0 Å². The molecule has 0 bridgehead atoms. The average molecular weight is 303 g/mol. The molecule has 1 aromatic carbocycles. The summed E-state index contributed by atoms with van der Waals surface area (Å²) in [6.45, 7) is 3.65. The number of halogens is 2. The fourth-order valence-corrected chi connectivity index (χ4v) is 2.31. The Bertz CT molecular complexity index is 420. The largest absolute Gasteiger partial charge is 0.481 e. The lowest BCUT2D eigenvalue weighted by Crippen LogP contribution is -2.30. The Balaban J connectivity index is 3.01. The lowest BCUT2D eigenvalue weighted by molar-refractivity contribution is -0.148. The van der Waals surface area contributed by atoms with Gasteiger partial charge < -0.3 is 5.11 Å². The molecule has 0 spiro atoms. The van der Waals surface area contributed by atoms with Gasteiger partial charge in [0.1, 0.15) is 5.82 Å². The van der Waals surface area contributed by atoms with Gasteiger partial charge in [0, 0.05) is 4.47 Å². The summed E-state index contributed by atoms with van der Waals surface area (Å²) in [6.07, 6.45) is 1.69. The number of carboxylic acid groups (broad SMARTS) is 1. The zero-order valence-corrected chi connectivity index (χ0v) is 11.6. The SMILES string of the molecule is CCCC(C)(Cc1cc(F)ccc1Br)C(=O)O. The summed E-state index contributed by atoms with van der Waals surface area (Å²) in [5.41, 5.74) is -0.145. The Morgan fingerprint density at radius 2 is 2.18 bits per heavy atom. The molecule has 0 heterocycles. The highest BCUT2D eigenvalue weighted by molar-refractivity contribution is 9.10. The van der Waals surface area contributed by atoms with Crippen molar-refractivity contribution in [2.24, 2.45) is 5.41 Å². The van der Waals surface area contributed by atoms with E-state index < -0.39 is 11.4 Å². The molecule has 2 nitrogen and oxygen atoms in total. The number of hydrogen-bond donors (Lipinski definition) is 1. The van der Waals surface area contributed by atoms with E-state index in [0.29, 0.717) is 18.4 Å². The molecule has 0 amide bonds. The maximum Gasteiger partial charge on any atom is 0.309 e. The summed E-state index contributed by atoms with van der Waals surface area (Å²) >= 11 is 3.32. The summed E-state index contributed by atoms with van der Waals surface area (Å²) in [4.78, 5) is 11.3. The normalized spacial score (nSPS) is 14.4. The summed E-state index contributed by atoms with van der Waals surface area (Å²) in [5, 5.41) is 9.28. The second-order valence-electron chi connectivity index (χ2n) is 4.53. The van der Waals surface area contributed by atoms with Crippen LogP contribution in [0, 0.1) is 11.2 Å². The number of benzene rings is 1. The molecule has 1 unspecified atom stereocenters. The van der Waals surface area contributed by atoms with Crippen LogP contribution in [0.25, 0.3) is 0 Å². The van der Waals surface area contributed by atoms with Gasteiger partial charge in [-0.3, -0.25) is 4.79 Å². The van der Waals surface area contributed by atoms with Crippen LogP contribution in [0.4, 0.5) is 4.39 Å². The second kappa shape index (κ2) is 5.63. The molecular weight excluding hydrogens is 287 g/mol. The van der Waals surface area contributed by atoms with Gasteiger partial charge in [0.25, 0.3) is 0 Å². The van der Waals surface area contributed by atoms with E-state index in [9.17, 15) is 14.3 Å². The van der Waals surface area contributed by atoms with Gasteiger partial charge in [0.05, 0.1) is 5.41 Å². The highest BCUT2D eigenvalue weighted by Gasteiger charge is 2.32. The Morgan fingerprint density at radius 1 is 1.53 bits per heavy atom. The first-order valence-electron chi connectivity index (χ1n) is 5.56. The summed E-state index contributed by atoms with van der Waals surface area (Å²) in [5.74, 6) is -1.18. The quantitative estimate of drug-likeness (QED) is 0.892. The van der Waals surface area contributed by atoms with Gasteiger partial charge in [-0.15, -0.1) is 0 Å². The zero-order chi connectivity index (χ0) is 13.1. The maximum atomic E-state index is 13.1. The topological polar surface area (TPSA) is 37.3 Å². The lowest BCUT2D eigenvalue weighted by atomic mass is 9.80. The second-order valence-corrected chi connectivity index (χ2v) is 5.38. The number of carboxylic acids is 1. The van der Waals surface area contributed by atoms with Gasteiger partial charge in [-0.1, -0.05) is 29.3 Å². The van der Waals surface area contributed by atoms with Gasteiger partial charge in [-0.25, -0.2) is 4.39 Å². The molecule has 1 aromatic rings. The number of carbonyl (C=O) groups is 1. The van der Waals surface area contributed by atoms with Gasteiger partial charge in [0.2, 0.25) is 0 Å². The Hall–Kier alpha value is -0.900. The van der Waals surface area contributed by atoms with Gasteiger partial charge >= 0.3 is 5.97 Å². The molecule has 0 radical (unpaired) electrons. The van der Waals surface area contributed by atoms with Crippen molar-refractivity contribution in [3.8, 4) is 0 Å². The van der Waals surface area contributed by atoms with Crippen molar-refractivity contribution < 1.29 is 14.3 Å². The lowest BCUT2D eigenvalue weighted by Gasteiger charge is -2.24. The van der Waals surface area contributed by atoms with E-state index in [2.05, 4.69) is 15.9 Å². The van der Waals surface area contributed by atoms with Crippen LogP contribution in [0.3, 0.4) is 0 Å². The number of aliphatic carboxylic acids is 1. The summed E-state index contributed by atoms with van der Waals surface area (Å²) in [6, 6.07) is 4.35. The highest BCUT2D eigenvalue weighted by atomic mass is 79.9. The van der Waals surface area contributed by atoms with Crippen LogP contribution in [-0.4, -0.2) is 11.1 Å². The van der Waals surface area contributed by atoms with Crippen LogP contribution in [0.1, 0.15) is 32.3 Å². The van der Waals surface area contributed by atoms with E-state index in [0.717, 1.165) is 10.9 Å². The maximum absolute atomic E-state index is 13.1. The smallest absolute Gasteiger partial charge is 0.309 e. The molecule has 0 aliphatic heterocycles. The van der Waals surface area contributed by atoms with Gasteiger partial charge in [-0.2, -0.15) is 0 Å². The van der Waals surface area contributed by atoms with Crippen LogP contribution in [0.15, 0.2) is 22.7 Å². The van der Waals surface area contributed by atoms with Crippen LogP contribution in [0.2, 0.25) is 0 Å². The first-order chi connectivity index (χ1) is 7.89. The van der Waals surface area contributed by atoms with E-state index >= 15 is 0 Å². The zero-order valence-electron chi connectivity index (χ0n) is 9.96. The number of rotatable bonds is 5. The predicted octanol–water partition coefficient (Wildman–Crippen LogP) is 4.02. The van der Waals surface area contributed by atoms with Crippen LogP contribution >= 0.6 is 15.9 Å². The van der Waals surface area contributed by atoms with E-state index in [1.165, 1.54) is 12.1 Å². The van der Waals surface area contributed by atoms with Crippen LogP contribution < -0.4 is 0 Å². The third-order valence-corrected chi connectivity index (χ3v) is 3.68. The molecule has 4 heteroatoms. The third kappa shape index (κ3) is 3.53. The van der Waals surface area contributed by atoms with E-state index in [1.54, 1.807) is 13.0 Å². The Labute approximate surface area is 109 Å². The molecular formula is C13H16BrFO2. The minimum absolute atomic E-state index is 0.328. The molecule has 0 fully saturated rings. The number of hydrogen-bond acceptors (Lipinski definition) is 1. The molecule has 0 saturated heterocycles. The molecule has 94 valence electrons. The third-order valence-electron chi connectivity index (χ3n) is 2.91. The van der Waals surface area contributed by atoms with Crippen molar-refractivity contribution in [2.45, 2.75) is 33.1 Å². The van der Waals surface area contributed by atoms with Crippen molar-refractivity contribution in [2.75, 3.05) is 0 Å². The van der Waals surface area contributed by atoms with E-state index in [4.69, 9.17) is 0 Å². The minimum atomic E-state index is -0.842. The van der Waals surface area contributed by atoms with Crippen molar-refractivity contribution in [3.63, 3.8) is 0 Å². The molecule has 1 atom stereocenters. The summed E-state index contributed by atoms with van der Waals surface area (Å²) < 4.78 is 13.9. The van der Waals surface area contributed by atoms with Crippen LogP contribution in [-0.2, 0) is 11.2 Å². The molecule has 0 aliphatic carbocycles. The molecule has 0 aliphatic rings. The van der Waals surface area contributed by atoms with E-state index in [1.807, 2.05) is 6.92 Å². The van der Waals surface area contributed by atoms with Crippen molar-refractivity contribution in [1.29, 1.82) is 0 Å².